The molecule has 0 aromatic heterocycles. The lowest BCUT2D eigenvalue weighted by Crippen LogP contribution is -2.28. The molecule has 0 heterocycles. The molecule has 0 aliphatic heterocycles. The molecule has 7 nitrogen and oxygen atoms in total. The zero-order chi connectivity index (χ0) is 16.0. The summed E-state index contributed by atoms with van der Waals surface area (Å²) in [4.78, 5) is 21.8. The van der Waals surface area contributed by atoms with Gasteiger partial charge in [0.25, 0.3) is 5.91 Å². The van der Waals surface area contributed by atoms with Crippen LogP contribution < -0.4 is 10.5 Å². The van der Waals surface area contributed by atoms with E-state index < -0.39 is 28.5 Å². The van der Waals surface area contributed by atoms with E-state index in [0.29, 0.717) is 5.56 Å². The Balaban J connectivity index is 2.60. The molecule has 116 valence electrons. The van der Waals surface area contributed by atoms with Crippen LogP contribution >= 0.6 is 0 Å². The van der Waals surface area contributed by atoms with Gasteiger partial charge in [0, 0.05) is 6.54 Å². The topological polar surface area (TPSA) is 116 Å². The molecule has 0 aliphatic rings. The quantitative estimate of drug-likeness (QED) is 0.687. The van der Waals surface area contributed by atoms with Crippen LogP contribution in [0.2, 0.25) is 0 Å². The Labute approximate surface area is 123 Å². The predicted octanol–water partition coefficient (Wildman–Crippen LogP) is 0.000340. The van der Waals surface area contributed by atoms with Gasteiger partial charge in [0.05, 0.1) is 11.3 Å². The maximum atomic E-state index is 12.1. The minimum atomic E-state index is -3.69. The number of aryl methyl sites for hydroxylation is 2. The van der Waals surface area contributed by atoms with Gasteiger partial charge < -0.3 is 10.5 Å². The van der Waals surface area contributed by atoms with Crippen LogP contribution in [0.25, 0.3) is 0 Å². The fourth-order valence-corrected chi connectivity index (χ4v) is 2.95. The van der Waals surface area contributed by atoms with Crippen molar-refractivity contribution in [2.45, 2.75) is 25.2 Å². The molecule has 0 aliphatic carbocycles. The molecule has 0 saturated carbocycles. The minimum absolute atomic E-state index is 0.118. The highest BCUT2D eigenvalue weighted by atomic mass is 32.2. The van der Waals surface area contributed by atoms with Gasteiger partial charge in [0.1, 0.15) is 0 Å². The normalized spacial score (nSPS) is 11.1. The van der Waals surface area contributed by atoms with E-state index in [4.69, 9.17) is 5.73 Å². The van der Waals surface area contributed by atoms with Gasteiger partial charge in [-0.3, -0.25) is 9.59 Å². The Kier molecular flexibility index (Phi) is 5.86. The van der Waals surface area contributed by atoms with Crippen LogP contribution in [0.4, 0.5) is 0 Å². The van der Waals surface area contributed by atoms with Crippen molar-refractivity contribution in [1.29, 1.82) is 0 Å². The van der Waals surface area contributed by atoms with Crippen LogP contribution in [-0.4, -0.2) is 33.4 Å². The van der Waals surface area contributed by atoms with Crippen molar-refractivity contribution >= 4 is 21.9 Å². The molecule has 1 aromatic carbocycles. The summed E-state index contributed by atoms with van der Waals surface area (Å²) >= 11 is 0. The van der Waals surface area contributed by atoms with Crippen molar-refractivity contribution in [3.8, 4) is 0 Å². The summed E-state index contributed by atoms with van der Waals surface area (Å²) < 4.78 is 31.1. The highest BCUT2D eigenvalue weighted by Gasteiger charge is 2.17. The van der Waals surface area contributed by atoms with Gasteiger partial charge in [0.15, 0.2) is 6.61 Å². The minimum Gasteiger partial charge on any atom is -0.456 e. The number of primary amides is 1. The molecule has 0 saturated heterocycles. The number of nitrogens with one attached hydrogen (secondary N) is 1. The second kappa shape index (κ2) is 7.19. The molecule has 0 fully saturated rings. The predicted molar refractivity (Wildman–Crippen MR) is 75.9 cm³/mol. The zero-order valence-electron chi connectivity index (χ0n) is 11.9. The van der Waals surface area contributed by atoms with Crippen LogP contribution in [0.5, 0.6) is 0 Å². The number of hydrogen-bond donors (Lipinski definition) is 2. The molecule has 3 N–H and O–H groups in total. The van der Waals surface area contributed by atoms with Crippen LogP contribution in [0.3, 0.4) is 0 Å². The number of carbonyl (C=O) groups is 2. The fourth-order valence-electron chi connectivity index (χ4n) is 1.59. The summed E-state index contributed by atoms with van der Waals surface area (Å²) in [5.41, 5.74) is 6.25. The number of sulfonamides is 1. The Bertz CT molecular complexity index is 640. The third kappa shape index (κ3) is 5.52. The summed E-state index contributed by atoms with van der Waals surface area (Å²) in [6, 6.07) is 5.09. The number of ether oxygens (including phenoxy) is 1. The third-order valence-corrected chi connectivity index (χ3v) is 4.23. The van der Waals surface area contributed by atoms with Crippen molar-refractivity contribution in [1.82, 2.24) is 4.72 Å². The molecule has 8 heteroatoms. The van der Waals surface area contributed by atoms with Crippen molar-refractivity contribution in [2.75, 3.05) is 13.2 Å². The van der Waals surface area contributed by atoms with Crippen molar-refractivity contribution in [2.24, 2.45) is 5.73 Å². The summed E-state index contributed by atoms with van der Waals surface area (Å²) in [7, 11) is -3.69. The molecular formula is C13H18N2O5S. The molecule has 0 spiro atoms. The molecular weight excluding hydrogens is 296 g/mol. The Morgan fingerprint density at radius 2 is 1.95 bits per heavy atom. The van der Waals surface area contributed by atoms with Gasteiger partial charge in [0.2, 0.25) is 10.0 Å². The lowest BCUT2D eigenvalue weighted by molar-refractivity contribution is -0.147. The first-order chi connectivity index (χ1) is 9.72. The number of amides is 1. The average Bonchev–Trinajstić information content (AvgIpc) is 2.39. The average molecular weight is 314 g/mol. The van der Waals surface area contributed by atoms with E-state index >= 15 is 0 Å². The highest BCUT2D eigenvalue weighted by Crippen LogP contribution is 2.16. The number of rotatable bonds is 7. The summed E-state index contributed by atoms with van der Waals surface area (Å²) in [5.74, 6) is -1.46. The molecule has 1 amide bonds. The zero-order valence-corrected chi connectivity index (χ0v) is 12.7. The number of hydrogen-bond acceptors (Lipinski definition) is 5. The second-order valence-electron chi connectivity index (χ2n) is 4.54. The van der Waals surface area contributed by atoms with Gasteiger partial charge in [-0.05, 0) is 31.0 Å². The Hall–Kier alpha value is -1.93. The largest absolute Gasteiger partial charge is 0.456 e. The van der Waals surface area contributed by atoms with Gasteiger partial charge >= 0.3 is 5.97 Å². The SMILES string of the molecule is Cc1ccc(C)c(S(=O)(=O)NCCC(=O)OCC(N)=O)c1. The maximum Gasteiger partial charge on any atom is 0.307 e. The van der Waals surface area contributed by atoms with Gasteiger partial charge in [-0.25, -0.2) is 13.1 Å². The first-order valence-corrected chi connectivity index (χ1v) is 7.71. The monoisotopic (exact) mass is 314 g/mol. The molecule has 0 bridgehead atoms. The molecule has 0 unspecified atom stereocenters. The van der Waals surface area contributed by atoms with Crippen molar-refractivity contribution < 1.29 is 22.7 Å². The Morgan fingerprint density at radius 3 is 2.57 bits per heavy atom. The summed E-state index contributed by atoms with van der Waals surface area (Å²) in [5, 5.41) is 0. The number of esters is 1. The number of carbonyl (C=O) groups excluding carboxylic acids is 2. The van der Waals surface area contributed by atoms with E-state index in [-0.39, 0.29) is 17.9 Å². The smallest absolute Gasteiger partial charge is 0.307 e. The molecule has 1 rings (SSSR count). The van der Waals surface area contributed by atoms with E-state index in [9.17, 15) is 18.0 Å². The van der Waals surface area contributed by atoms with E-state index in [1.54, 1.807) is 26.0 Å². The second-order valence-corrected chi connectivity index (χ2v) is 6.28. The lowest BCUT2D eigenvalue weighted by atomic mass is 10.2. The van der Waals surface area contributed by atoms with Crippen molar-refractivity contribution in [3.05, 3.63) is 29.3 Å². The van der Waals surface area contributed by atoms with Crippen LogP contribution in [-0.2, 0) is 24.3 Å². The Morgan fingerprint density at radius 1 is 1.29 bits per heavy atom. The van der Waals surface area contributed by atoms with Gasteiger partial charge in [-0.1, -0.05) is 12.1 Å². The van der Waals surface area contributed by atoms with Crippen LogP contribution in [0.15, 0.2) is 23.1 Å². The number of benzene rings is 1. The first kappa shape index (κ1) is 17.1. The first-order valence-electron chi connectivity index (χ1n) is 6.23. The van der Waals surface area contributed by atoms with Crippen LogP contribution in [0, 0.1) is 13.8 Å². The van der Waals surface area contributed by atoms with Gasteiger partial charge in [-0.15, -0.1) is 0 Å². The van der Waals surface area contributed by atoms with E-state index in [1.807, 2.05) is 6.07 Å². The van der Waals surface area contributed by atoms with Crippen LogP contribution in [0.1, 0.15) is 17.5 Å². The molecule has 0 atom stereocenters. The summed E-state index contributed by atoms with van der Waals surface area (Å²) in [6.45, 7) is 2.85. The fraction of sp³-hybridized carbons (Fsp3) is 0.385. The van der Waals surface area contributed by atoms with E-state index in [1.165, 1.54) is 0 Å². The van der Waals surface area contributed by atoms with Gasteiger partial charge in [-0.2, -0.15) is 0 Å². The van der Waals surface area contributed by atoms with Crippen molar-refractivity contribution in [3.63, 3.8) is 0 Å². The summed E-state index contributed by atoms with van der Waals surface area (Å²) in [6.07, 6.45) is -0.183. The van der Waals surface area contributed by atoms with E-state index in [2.05, 4.69) is 9.46 Å². The highest BCUT2D eigenvalue weighted by molar-refractivity contribution is 7.89. The molecule has 1 aromatic rings. The van der Waals surface area contributed by atoms with E-state index in [0.717, 1.165) is 5.56 Å². The number of nitrogens with two attached hydrogens (primary N) is 1. The lowest BCUT2D eigenvalue weighted by Gasteiger charge is -2.10. The maximum absolute atomic E-state index is 12.1. The third-order valence-electron chi connectivity index (χ3n) is 2.63. The standard InChI is InChI=1S/C13H18N2O5S/c1-9-3-4-10(2)11(7-9)21(18,19)15-6-5-13(17)20-8-12(14)16/h3-4,7,15H,5-6,8H2,1-2H3,(H2,14,16). The molecule has 21 heavy (non-hydrogen) atoms. The molecule has 0 radical (unpaired) electrons.